The minimum atomic E-state index is -0.972. The van der Waals surface area contributed by atoms with Crippen molar-refractivity contribution in [2.24, 2.45) is 0 Å². The Balaban J connectivity index is 0.000000412. The van der Waals surface area contributed by atoms with Crippen LogP contribution < -0.4 is 0 Å². The van der Waals surface area contributed by atoms with Gasteiger partial charge in [-0.1, -0.05) is 103 Å². The molecular weight excluding hydrogens is 412 g/mol. The summed E-state index contributed by atoms with van der Waals surface area (Å²) >= 11 is 0. The van der Waals surface area contributed by atoms with Gasteiger partial charge in [0.1, 0.15) is 0 Å². The van der Waals surface area contributed by atoms with Gasteiger partial charge >= 0.3 is 5.97 Å². The maximum absolute atomic E-state index is 10.4. The van der Waals surface area contributed by atoms with Gasteiger partial charge in [0.25, 0.3) is 0 Å². The predicted octanol–water partition coefficient (Wildman–Crippen LogP) is 7.02. The Morgan fingerprint density at radius 3 is 1.85 bits per heavy atom. The van der Waals surface area contributed by atoms with Crippen LogP contribution in [0.15, 0.2) is 36.7 Å². The van der Waals surface area contributed by atoms with Crippen molar-refractivity contribution in [1.82, 2.24) is 9.80 Å². The second-order valence-electron chi connectivity index (χ2n) is 9.27. The smallest absolute Gasteiger partial charge is 0.335 e. The van der Waals surface area contributed by atoms with Crippen LogP contribution >= 0.6 is 0 Å². The third-order valence-electron chi connectivity index (χ3n) is 6.09. The molecule has 2 rings (SSSR count). The highest BCUT2D eigenvalue weighted by molar-refractivity contribution is 5.87. The van der Waals surface area contributed by atoms with E-state index in [4.69, 9.17) is 10.2 Å². The molecule has 0 aromatic heterocycles. The molecule has 0 atom stereocenters. The zero-order valence-corrected chi connectivity index (χ0v) is 21.2. The van der Waals surface area contributed by atoms with Crippen molar-refractivity contribution in [1.29, 1.82) is 0 Å². The van der Waals surface area contributed by atoms with E-state index in [9.17, 15) is 4.79 Å². The standard InChI is InChI=1S/C20H40N2.C8H8O3/c1-3-4-5-6-7-8-9-10-11-12-13-14-15-16-17-22-19-18-21(2)20-22;9-5-6-2-1-3-7(4-6)8(10)11/h18-19H,3-17,20H2,1-2H3;1-4,9H,5H2,(H,10,11). The van der Waals surface area contributed by atoms with E-state index in [1.807, 2.05) is 0 Å². The van der Waals surface area contributed by atoms with Crippen LogP contribution in [-0.2, 0) is 6.61 Å². The molecule has 0 amide bonds. The van der Waals surface area contributed by atoms with Gasteiger partial charge in [-0.05, 0) is 24.1 Å². The van der Waals surface area contributed by atoms with Crippen LogP contribution in [-0.4, -0.2) is 46.2 Å². The number of unbranched alkanes of at least 4 members (excludes halogenated alkanes) is 13. The van der Waals surface area contributed by atoms with E-state index in [2.05, 4.69) is 36.2 Å². The monoisotopic (exact) mass is 460 g/mol. The van der Waals surface area contributed by atoms with Crippen LogP contribution in [0, 0.1) is 0 Å². The summed E-state index contributed by atoms with van der Waals surface area (Å²) in [6.45, 7) is 4.49. The lowest BCUT2D eigenvalue weighted by Crippen LogP contribution is -2.23. The number of hydrogen-bond donors (Lipinski definition) is 2. The van der Waals surface area contributed by atoms with Crippen molar-refractivity contribution in [3.05, 3.63) is 47.8 Å². The fourth-order valence-electron chi connectivity index (χ4n) is 4.05. The second kappa shape index (κ2) is 19.5. The largest absolute Gasteiger partial charge is 0.478 e. The Morgan fingerprint density at radius 1 is 0.848 bits per heavy atom. The lowest BCUT2D eigenvalue weighted by Gasteiger charge is -2.17. The number of rotatable bonds is 17. The summed E-state index contributed by atoms with van der Waals surface area (Å²) in [5.41, 5.74) is 0.821. The van der Waals surface area contributed by atoms with Crippen LogP contribution in [0.2, 0.25) is 0 Å². The lowest BCUT2D eigenvalue weighted by molar-refractivity contribution is 0.0696. The fraction of sp³-hybridized carbons (Fsp3) is 0.679. The van der Waals surface area contributed by atoms with Crippen molar-refractivity contribution in [3.8, 4) is 0 Å². The molecule has 33 heavy (non-hydrogen) atoms. The molecule has 1 heterocycles. The van der Waals surface area contributed by atoms with E-state index < -0.39 is 5.97 Å². The number of aromatic carboxylic acids is 1. The number of carboxylic acid groups (broad SMARTS) is 1. The molecule has 0 radical (unpaired) electrons. The van der Waals surface area contributed by atoms with Crippen LogP contribution in [0.3, 0.4) is 0 Å². The van der Waals surface area contributed by atoms with E-state index in [1.165, 1.54) is 109 Å². The first-order valence-electron chi connectivity index (χ1n) is 13.1. The van der Waals surface area contributed by atoms with Gasteiger partial charge in [-0.15, -0.1) is 0 Å². The van der Waals surface area contributed by atoms with Gasteiger partial charge in [0.15, 0.2) is 0 Å². The van der Waals surface area contributed by atoms with Gasteiger partial charge in [0.2, 0.25) is 0 Å². The van der Waals surface area contributed by atoms with Crippen molar-refractivity contribution in [2.75, 3.05) is 20.3 Å². The van der Waals surface area contributed by atoms with Gasteiger partial charge in [-0.2, -0.15) is 0 Å². The van der Waals surface area contributed by atoms with Crippen molar-refractivity contribution in [3.63, 3.8) is 0 Å². The van der Waals surface area contributed by atoms with Crippen LogP contribution in [0.4, 0.5) is 0 Å². The SMILES string of the molecule is CCCCCCCCCCCCCCCCN1C=CN(C)C1.O=C(O)c1cccc(CO)c1. The molecule has 1 aromatic rings. The molecule has 0 bridgehead atoms. The van der Waals surface area contributed by atoms with Crippen LogP contribution in [0.1, 0.15) is 113 Å². The summed E-state index contributed by atoms with van der Waals surface area (Å²) in [7, 11) is 2.14. The summed E-state index contributed by atoms with van der Waals surface area (Å²) in [6.07, 6.45) is 24.6. The van der Waals surface area contributed by atoms with E-state index in [-0.39, 0.29) is 12.2 Å². The Labute approximate surface area is 202 Å². The maximum Gasteiger partial charge on any atom is 0.335 e. The van der Waals surface area contributed by atoms with E-state index in [1.54, 1.807) is 12.1 Å². The zero-order chi connectivity index (χ0) is 24.2. The highest BCUT2D eigenvalue weighted by Gasteiger charge is 2.06. The quantitative estimate of drug-likeness (QED) is 0.245. The Hall–Kier alpha value is -2.01. The maximum atomic E-state index is 10.4. The lowest BCUT2D eigenvalue weighted by atomic mass is 10.0. The molecule has 5 heteroatoms. The molecule has 0 aliphatic carbocycles. The second-order valence-corrected chi connectivity index (χ2v) is 9.27. The molecule has 0 fully saturated rings. The molecule has 0 saturated heterocycles. The Morgan fingerprint density at radius 2 is 1.39 bits per heavy atom. The third kappa shape index (κ3) is 15.5. The number of hydrogen-bond acceptors (Lipinski definition) is 4. The highest BCUT2D eigenvalue weighted by atomic mass is 16.4. The summed E-state index contributed by atoms with van der Waals surface area (Å²) in [5, 5.41) is 17.2. The van der Waals surface area contributed by atoms with Crippen molar-refractivity contribution in [2.45, 2.75) is 103 Å². The van der Waals surface area contributed by atoms with Gasteiger partial charge in [-0.25, -0.2) is 4.79 Å². The minimum Gasteiger partial charge on any atom is -0.478 e. The summed E-state index contributed by atoms with van der Waals surface area (Å²) in [6, 6.07) is 6.21. The average molecular weight is 461 g/mol. The van der Waals surface area contributed by atoms with Crippen molar-refractivity contribution >= 4 is 5.97 Å². The van der Waals surface area contributed by atoms with E-state index >= 15 is 0 Å². The number of carboxylic acids is 1. The molecular formula is C28H48N2O3. The van der Waals surface area contributed by atoms with Crippen LogP contribution in [0.25, 0.3) is 0 Å². The molecule has 5 nitrogen and oxygen atoms in total. The number of carbonyl (C=O) groups is 1. The molecule has 0 saturated carbocycles. The summed E-state index contributed by atoms with van der Waals surface area (Å²) < 4.78 is 0. The van der Waals surface area contributed by atoms with Gasteiger partial charge in [0, 0.05) is 26.0 Å². The normalized spacial score (nSPS) is 12.7. The topological polar surface area (TPSA) is 64.0 Å². The first-order valence-corrected chi connectivity index (χ1v) is 13.1. The molecule has 0 unspecified atom stereocenters. The molecule has 1 aromatic carbocycles. The average Bonchev–Trinajstić information content (AvgIpc) is 3.24. The minimum absolute atomic E-state index is 0.124. The first-order chi connectivity index (χ1) is 16.1. The Kier molecular flexibility index (Phi) is 17.1. The van der Waals surface area contributed by atoms with E-state index in [0.29, 0.717) is 5.56 Å². The first kappa shape index (κ1) is 29.0. The van der Waals surface area contributed by atoms with Gasteiger partial charge in [-0.3, -0.25) is 0 Å². The summed E-state index contributed by atoms with van der Waals surface area (Å²) in [4.78, 5) is 15.0. The zero-order valence-electron chi connectivity index (χ0n) is 21.2. The number of aliphatic hydroxyl groups is 1. The number of nitrogens with zero attached hydrogens (tertiary/aromatic N) is 2. The molecule has 0 spiro atoms. The third-order valence-corrected chi connectivity index (χ3v) is 6.09. The fourth-order valence-corrected chi connectivity index (χ4v) is 4.05. The molecule has 188 valence electrons. The number of benzene rings is 1. The number of aliphatic hydroxyl groups excluding tert-OH is 1. The van der Waals surface area contributed by atoms with Crippen molar-refractivity contribution < 1.29 is 15.0 Å². The van der Waals surface area contributed by atoms with Gasteiger partial charge < -0.3 is 20.0 Å². The molecule has 1 aliphatic rings. The predicted molar refractivity (Wildman–Crippen MR) is 138 cm³/mol. The Bertz CT molecular complexity index is 648. The highest BCUT2D eigenvalue weighted by Crippen LogP contribution is 2.13. The van der Waals surface area contributed by atoms with Crippen LogP contribution in [0.5, 0.6) is 0 Å². The van der Waals surface area contributed by atoms with Gasteiger partial charge in [0.05, 0.1) is 18.8 Å². The summed E-state index contributed by atoms with van der Waals surface area (Å²) in [5.74, 6) is -0.972. The van der Waals surface area contributed by atoms with E-state index in [0.717, 1.165) is 6.67 Å². The molecule has 2 N–H and O–H groups in total. The molecule has 1 aliphatic heterocycles.